The van der Waals surface area contributed by atoms with Crippen LogP contribution < -0.4 is 0 Å². The Morgan fingerprint density at radius 1 is 0.977 bits per heavy atom. The van der Waals surface area contributed by atoms with Crippen molar-refractivity contribution in [2.75, 3.05) is 0 Å². The van der Waals surface area contributed by atoms with Crippen molar-refractivity contribution in [3.05, 3.63) is 106 Å². The summed E-state index contributed by atoms with van der Waals surface area (Å²) < 4.78 is 87.5. The topological polar surface area (TPSA) is 107 Å². The van der Waals surface area contributed by atoms with Crippen LogP contribution in [0.1, 0.15) is 52.3 Å². The summed E-state index contributed by atoms with van der Waals surface area (Å²) in [6.45, 7) is 2.08. The first-order valence-corrected chi connectivity index (χ1v) is 13.1. The molecule has 0 saturated carbocycles. The van der Waals surface area contributed by atoms with Crippen LogP contribution in [0, 0.1) is 0 Å². The van der Waals surface area contributed by atoms with Gasteiger partial charge in [-0.1, -0.05) is 40.2 Å². The van der Waals surface area contributed by atoms with E-state index in [1.807, 2.05) is 0 Å². The lowest BCUT2D eigenvalue weighted by Gasteiger charge is -2.16. The van der Waals surface area contributed by atoms with E-state index in [4.69, 9.17) is 16.1 Å². The number of benzene rings is 2. The summed E-state index contributed by atoms with van der Waals surface area (Å²) in [5.41, 5.74) is -5.31. The van der Waals surface area contributed by atoms with Crippen molar-refractivity contribution in [3.8, 4) is 22.5 Å². The van der Waals surface area contributed by atoms with Gasteiger partial charge in [0.2, 0.25) is 5.78 Å². The van der Waals surface area contributed by atoms with Crippen molar-refractivity contribution >= 4 is 17.4 Å². The smallest absolute Gasteiger partial charge is 0.382 e. The van der Waals surface area contributed by atoms with Gasteiger partial charge >= 0.3 is 12.4 Å². The number of alkyl halides is 6. The molecule has 8 nitrogen and oxygen atoms in total. The summed E-state index contributed by atoms with van der Waals surface area (Å²) >= 11 is 6.36. The van der Waals surface area contributed by atoms with Gasteiger partial charge in [-0.15, -0.1) is 5.10 Å². The van der Waals surface area contributed by atoms with E-state index in [1.165, 1.54) is 38.4 Å². The molecule has 0 unspecified atom stereocenters. The summed E-state index contributed by atoms with van der Waals surface area (Å²) in [6.07, 6.45) is -7.40. The molecule has 5 rings (SSSR count). The number of hydrogen-bond acceptors (Lipinski definition) is 7. The van der Waals surface area contributed by atoms with Crippen LogP contribution in [0.5, 0.6) is 0 Å². The number of pyridine rings is 1. The molecule has 0 aliphatic rings. The van der Waals surface area contributed by atoms with Crippen LogP contribution in [0.3, 0.4) is 0 Å². The summed E-state index contributed by atoms with van der Waals surface area (Å²) in [6, 6.07) is 10.5. The van der Waals surface area contributed by atoms with Crippen LogP contribution in [0.2, 0.25) is 5.02 Å². The maximum atomic E-state index is 14.2. The van der Waals surface area contributed by atoms with E-state index in [0.29, 0.717) is 12.1 Å². The number of halogens is 7. The van der Waals surface area contributed by atoms with Gasteiger partial charge in [0, 0.05) is 23.5 Å². The highest BCUT2D eigenvalue weighted by Gasteiger charge is 2.38. The average molecular weight is 636 g/mol. The molecule has 1 N–H and O–H groups in total. The largest absolute Gasteiger partial charge is 0.416 e. The predicted molar refractivity (Wildman–Crippen MR) is 144 cm³/mol. The van der Waals surface area contributed by atoms with Crippen LogP contribution >= 0.6 is 11.6 Å². The van der Waals surface area contributed by atoms with Gasteiger partial charge in [-0.2, -0.15) is 26.3 Å². The number of carbonyl (C=O) groups is 1. The zero-order valence-electron chi connectivity index (χ0n) is 22.7. The molecule has 0 fully saturated rings. The Morgan fingerprint density at radius 2 is 1.64 bits per heavy atom. The number of hydrogen-bond donors (Lipinski definition) is 1. The molecule has 44 heavy (non-hydrogen) atoms. The first kappa shape index (κ1) is 30.9. The lowest BCUT2D eigenvalue weighted by Crippen LogP contribution is -2.20. The normalized spacial score (nSPS) is 12.5. The van der Waals surface area contributed by atoms with Crippen molar-refractivity contribution in [1.29, 1.82) is 0 Å². The molecule has 3 aromatic heterocycles. The molecule has 15 heteroatoms. The molecule has 0 aliphatic carbocycles. The summed E-state index contributed by atoms with van der Waals surface area (Å²) in [5, 5.41) is 22.9. The first-order valence-electron chi connectivity index (χ1n) is 12.7. The third-order valence-electron chi connectivity index (χ3n) is 6.47. The second-order valence-corrected chi connectivity index (χ2v) is 10.6. The Balaban J connectivity index is 1.70. The van der Waals surface area contributed by atoms with E-state index in [1.54, 1.807) is 24.3 Å². The molecule has 2 aromatic carbocycles. The number of nitrogens with zero attached hydrogens (tertiary/aromatic N) is 5. The van der Waals surface area contributed by atoms with E-state index in [2.05, 4.69) is 20.5 Å². The number of ketones is 1. The van der Waals surface area contributed by atoms with Crippen molar-refractivity contribution < 1.29 is 40.8 Å². The Labute approximate surface area is 249 Å². The third kappa shape index (κ3) is 6.08. The molecule has 0 bridgehead atoms. The predicted octanol–water partition coefficient (Wildman–Crippen LogP) is 7.19. The van der Waals surface area contributed by atoms with Gasteiger partial charge in [0.1, 0.15) is 17.0 Å². The van der Waals surface area contributed by atoms with E-state index in [0.717, 1.165) is 4.68 Å². The molecule has 0 spiro atoms. The summed E-state index contributed by atoms with van der Waals surface area (Å²) in [4.78, 5) is 18.2. The minimum atomic E-state index is -5.07. The van der Waals surface area contributed by atoms with Crippen molar-refractivity contribution in [2.45, 2.75) is 38.3 Å². The standard InChI is InChI=1S/C29H20ClF6N5O3/c1-27(2,43)26-21(22(39-44-26)19-7-3-4-8-20(19)30)25(42)23-24(16-6-5-9-37-13-16)41(40-38-23)14-15-10-17(28(31,32)33)12-18(11-15)29(34,35)36/h3-13,43H,14H2,1-2H3. The Morgan fingerprint density at radius 3 is 2.20 bits per heavy atom. The zero-order chi connectivity index (χ0) is 32.0. The highest BCUT2D eigenvalue weighted by molar-refractivity contribution is 6.33. The van der Waals surface area contributed by atoms with Gasteiger partial charge in [0.15, 0.2) is 11.5 Å². The van der Waals surface area contributed by atoms with Gasteiger partial charge in [-0.25, -0.2) is 4.68 Å². The van der Waals surface area contributed by atoms with E-state index < -0.39 is 47.0 Å². The van der Waals surface area contributed by atoms with Crippen LogP contribution in [0.15, 0.2) is 71.5 Å². The van der Waals surface area contributed by atoms with E-state index in [-0.39, 0.29) is 50.6 Å². The SMILES string of the molecule is CC(C)(O)c1onc(-c2ccccc2Cl)c1C(=O)c1nnn(Cc2cc(C(F)(F)F)cc(C(F)(F)F)c2)c1-c1cccnc1. The number of carbonyl (C=O) groups excluding carboxylic acids is 1. The molecule has 0 radical (unpaired) electrons. The second kappa shape index (κ2) is 11.2. The van der Waals surface area contributed by atoms with Crippen LogP contribution in [0.25, 0.3) is 22.5 Å². The summed E-state index contributed by atoms with van der Waals surface area (Å²) in [5.74, 6) is -1.10. The Hall–Kier alpha value is -4.56. The lowest BCUT2D eigenvalue weighted by atomic mass is 9.93. The van der Waals surface area contributed by atoms with E-state index in [9.17, 15) is 36.2 Å². The zero-order valence-corrected chi connectivity index (χ0v) is 23.5. The van der Waals surface area contributed by atoms with Crippen LogP contribution in [0.4, 0.5) is 26.3 Å². The molecule has 0 atom stereocenters. The molecule has 5 aromatic rings. The van der Waals surface area contributed by atoms with Crippen molar-refractivity contribution in [2.24, 2.45) is 0 Å². The number of aliphatic hydroxyl groups is 1. The molecule has 0 aliphatic heterocycles. The first-order chi connectivity index (χ1) is 20.6. The van der Waals surface area contributed by atoms with Gasteiger partial charge in [0.05, 0.1) is 28.3 Å². The fourth-order valence-electron chi connectivity index (χ4n) is 4.52. The Bertz CT molecular complexity index is 1810. The van der Waals surface area contributed by atoms with Gasteiger partial charge in [-0.3, -0.25) is 9.78 Å². The van der Waals surface area contributed by atoms with Crippen molar-refractivity contribution in [1.82, 2.24) is 25.1 Å². The molecule has 0 saturated heterocycles. The quantitative estimate of drug-likeness (QED) is 0.149. The van der Waals surface area contributed by atoms with E-state index >= 15 is 0 Å². The second-order valence-electron chi connectivity index (χ2n) is 10.2. The van der Waals surface area contributed by atoms with Gasteiger partial charge in [-0.05, 0) is 55.8 Å². The average Bonchev–Trinajstić information content (AvgIpc) is 3.57. The molecular weight excluding hydrogens is 616 g/mol. The van der Waals surface area contributed by atoms with Crippen molar-refractivity contribution in [3.63, 3.8) is 0 Å². The van der Waals surface area contributed by atoms with Gasteiger partial charge < -0.3 is 9.63 Å². The van der Waals surface area contributed by atoms with Gasteiger partial charge in [0.25, 0.3) is 0 Å². The lowest BCUT2D eigenvalue weighted by molar-refractivity contribution is -0.143. The minimum Gasteiger partial charge on any atom is -0.382 e. The molecule has 0 amide bonds. The highest BCUT2D eigenvalue weighted by Crippen LogP contribution is 2.39. The summed E-state index contributed by atoms with van der Waals surface area (Å²) in [7, 11) is 0. The molecule has 228 valence electrons. The molecular formula is C29H20ClF6N5O3. The third-order valence-corrected chi connectivity index (χ3v) is 6.80. The number of aromatic nitrogens is 5. The fraction of sp³-hybridized carbons (Fsp3) is 0.207. The maximum absolute atomic E-state index is 14.2. The number of rotatable bonds is 7. The highest BCUT2D eigenvalue weighted by atomic mass is 35.5. The Kier molecular flexibility index (Phi) is 7.84. The monoisotopic (exact) mass is 635 g/mol. The minimum absolute atomic E-state index is 0.0160. The molecule has 3 heterocycles. The van der Waals surface area contributed by atoms with Crippen LogP contribution in [-0.2, 0) is 24.5 Å². The van der Waals surface area contributed by atoms with Crippen LogP contribution in [-0.4, -0.2) is 36.0 Å². The fourth-order valence-corrected chi connectivity index (χ4v) is 4.75. The maximum Gasteiger partial charge on any atom is 0.416 e.